The molecule has 2 rings (SSSR count). The molecule has 1 saturated heterocycles. The molecule has 1 N–H and O–H groups in total. The molecule has 4 heteroatoms. The minimum Gasteiger partial charge on any atom is -0.396 e. The minimum absolute atomic E-state index is 0.261. The van der Waals surface area contributed by atoms with E-state index in [1.807, 2.05) is 0 Å². The van der Waals surface area contributed by atoms with E-state index in [-0.39, 0.29) is 12.4 Å². The largest absolute Gasteiger partial charge is 0.396 e. The molecule has 0 bridgehead atoms. The summed E-state index contributed by atoms with van der Waals surface area (Å²) in [6.45, 7) is 1.77. The smallest absolute Gasteiger partial charge is 0.168 e. The zero-order valence-electron chi connectivity index (χ0n) is 8.95. The van der Waals surface area contributed by atoms with Crippen LogP contribution in [0.25, 0.3) is 0 Å². The Hall–Kier alpha value is 0.360. The predicted octanol–water partition coefficient (Wildman–Crippen LogP) is 1.92. The molecule has 1 spiro atoms. The van der Waals surface area contributed by atoms with Gasteiger partial charge in [-0.3, -0.25) is 0 Å². The number of ether oxygens (including phenoxy) is 2. The summed E-state index contributed by atoms with van der Waals surface area (Å²) < 4.78 is 11.4. The Bertz CT molecular complexity index is 190. The fraction of sp³-hybridized carbons (Fsp3) is 1.00. The SMILES string of the molecule is OCC(CBr)C1CCC2(CC1)OCCO2. The van der Waals surface area contributed by atoms with Crippen molar-refractivity contribution in [2.75, 3.05) is 25.2 Å². The maximum atomic E-state index is 9.24. The summed E-state index contributed by atoms with van der Waals surface area (Å²) in [6.07, 6.45) is 4.19. The molecule has 1 unspecified atom stereocenters. The Morgan fingerprint density at radius 3 is 2.33 bits per heavy atom. The number of alkyl halides is 1. The van der Waals surface area contributed by atoms with Gasteiger partial charge in [0.25, 0.3) is 0 Å². The second kappa shape index (κ2) is 5.13. The lowest BCUT2D eigenvalue weighted by atomic mass is 9.78. The van der Waals surface area contributed by atoms with Crippen molar-refractivity contribution in [3.05, 3.63) is 0 Å². The third-order valence-electron chi connectivity index (χ3n) is 3.70. The van der Waals surface area contributed by atoms with Gasteiger partial charge in [0, 0.05) is 24.8 Å². The Morgan fingerprint density at radius 1 is 1.27 bits per heavy atom. The average molecular weight is 279 g/mol. The molecule has 2 aliphatic rings. The third kappa shape index (κ3) is 2.54. The quantitative estimate of drug-likeness (QED) is 0.802. The van der Waals surface area contributed by atoms with E-state index in [1.54, 1.807) is 0 Å². The lowest BCUT2D eigenvalue weighted by Crippen LogP contribution is -2.37. The van der Waals surface area contributed by atoms with Gasteiger partial charge in [-0.05, 0) is 24.7 Å². The average Bonchev–Trinajstić information content (AvgIpc) is 2.72. The lowest BCUT2D eigenvalue weighted by Gasteiger charge is -2.37. The molecule has 3 nitrogen and oxygen atoms in total. The van der Waals surface area contributed by atoms with Gasteiger partial charge in [-0.2, -0.15) is 0 Å². The van der Waals surface area contributed by atoms with E-state index in [0.717, 1.165) is 44.2 Å². The maximum absolute atomic E-state index is 9.24. The first-order valence-electron chi connectivity index (χ1n) is 5.74. The second-order valence-electron chi connectivity index (χ2n) is 4.54. The van der Waals surface area contributed by atoms with E-state index >= 15 is 0 Å². The van der Waals surface area contributed by atoms with E-state index < -0.39 is 0 Å². The Morgan fingerprint density at radius 2 is 1.87 bits per heavy atom. The van der Waals surface area contributed by atoms with Crippen LogP contribution in [-0.4, -0.2) is 36.0 Å². The monoisotopic (exact) mass is 278 g/mol. The number of hydrogen-bond donors (Lipinski definition) is 1. The zero-order chi connectivity index (χ0) is 10.7. The molecule has 1 atom stereocenters. The van der Waals surface area contributed by atoms with E-state index in [1.165, 1.54) is 0 Å². The van der Waals surface area contributed by atoms with Crippen LogP contribution >= 0.6 is 15.9 Å². The molecule has 1 aliphatic carbocycles. The van der Waals surface area contributed by atoms with Crippen LogP contribution in [0, 0.1) is 11.8 Å². The fourth-order valence-electron chi connectivity index (χ4n) is 2.66. The number of aliphatic hydroxyl groups excluding tert-OH is 1. The van der Waals surface area contributed by atoms with Gasteiger partial charge < -0.3 is 14.6 Å². The highest BCUT2D eigenvalue weighted by atomic mass is 79.9. The van der Waals surface area contributed by atoms with Gasteiger partial charge in [0.15, 0.2) is 5.79 Å². The van der Waals surface area contributed by atoms with Gasteiger partial charge in [-0.1, -0.05) is 15.9 Å². The second-order valence-corrected chi connectivity index (χ2v) is 5.19. The highest BCUT2D eigenvalue weighted by Gasteiger charge is 2.41. The summed E-state index contributed by atoms with van der Waals surface area (Å²) in [5.74, 6) is 0.750. The van der Waals surface area contributed by atoms with Gasteiger partial charge >= 0.3 is 0 Å². The van der Waals surface area contributed by atoms with E-state index in [0.29, 0.717) is 11.8 Å². The Labute approximate surface area is 99.3 Å². The lowest BCUT2D eigenvalue weighted by molar-refractivity contribution is -0.185. The van der Waals surface area contributed by atoms with Crippen LogP contribution in [0.5, 0.6) is 0 Å². The van der Waals surface area contributed by atoms with Crippen LogP contribution in [-0.2, 0) is 9.47 Å². The van der Waals surface area contributed by atoms with E-state index in [4.69, 9.17) is 9.47 Å². The molecule has 1 aliphatic heterocycles. The van der Waals surface area contributed by atoms with Crippen molar-refractivity contribution < 1.29 is 14.6 Å². The first-order chi connectivity index (χ1) is 7.29. The van der Waals surface area contributed by atoms with Gasteiger partial charge in [0.1, 0.15) is 0 Å². The molecule has 1 saturated carbocycles. The van der Waals surface area contributed by atoms with E-state index in [9.17, 15) is 5.11 Å². The summed E-state index contributed by atoms with van der Waals surface area (Å²) in [4.78, 5) is 0. The molecule has 15 heavy (non-hydrogen) atoms. The van der Waals surface area contributed by atoms with Crippen molar-refractivity contribution in [1.82, 2.24) is 0 Å². The molecule has 0 aromatic heterocycles. The topological polar surface area (TPSA) is 38.7 Å². The molecule has 0 radical (unpaired) electrons. The van der Waals surface area contributed by atoms with Gasteiger partial charge in [-0.15, -0.1) is 0 Å². The first-order valence-corrected chi connectivity index (χ1v) is 6.86. The molecule has 0 aromatic rings. The van der Waals surface area contributed by atoms with Crippen molar-refractivity contribution in [2.24, 2.45) is 11.8 Å². The maximum Gasteiger partial charge on any atom is 0.168 e. The standard InChI is InChI=1S/C11H19BrO3/c12-7-10(8-13)9-1-3-11(4-2-9)14-5-6-15-11/h9-10,13H,1-8H2. The van der Waals surface area contributed by atoms with Crippen molar-refractivity contribution in [3.8, 4) is 0 Å². The van der Waals surface area contributed by atoms with Crippen LogP contribution in [0.1, 0.15) is 25.7 Å². The van der Waals surface area contributed by atoms with Gasteiger partial charge in [0.05, 0.1) is 13.2 Å². The third-order valence-corrected chi connectivity index (χ3v) is 4.54. The van der Waals surface area contributed by atoms with Crippen molar-refractivity contribution in [3.63, 3.8) is 0 Å². The number of halogens is 1. The highest BCUT2D eigenvalue weighted by Crippen LogP contribution is 2.40. The van der Waals surface area contributed by atoms with Crippen LogP contribution < -0.4 is 0 Å². The number of rotatable bonds is 3. The summed E-state index contributed by atoms with van der Waals surface area (Å²) in [5.41, 5.74) is 0. The van der Waals surface area contributed by atoms with Crippen molar-refractivity contribution >= 4 is 15.9 Å². The van der Waals surface area contributed by atoms with Gasteiger partial charge in [0.2, 0.25) is 0 Å². The zero-order valence-corrected chi connectivity index (χ0v) is 10.5. The summed E-state index contributed by atoms with van der Waals surface area (Å²) in [6, 6.07) is 0. The fourth-order valence-corrected chi connectivity index (χ4v) is 3.39. The van der Waals surface area contributed by atoms with E-state index in [2.05, 4.69) is 15.9 Å². The Kier molecular flexibility index (Phi) is 4.04. The summed E-state index contributed by atoms with van der Waals surface area (Å²) in [7, 11) is 0. The van der Waals surface area contributed by atoms with Crippen LogP contribution in [0.3, 0.4) is 0 Å². The molecule has 0 aromatic carbocycles. The highest BCUT2D eigenvalue weighted by molar-refractivity contribution is 9.09. The van der Waals surface area contributed by atoms with Crippen LogP contribution in [0.2, 0.25) is 0 Å². The van der Waals surface area contributed by atoms with Crippen molar-refractivity contribution in [1.29, 1.82) is 0 Å². The minimum atomic E-state index is -0.261. The normalized spacial score (nSPS) is 28.4. The molecular weight excluding hydrogens is 260 g/mol. The van der Waals surface area contributed by atoms with Crippen LogP contribution in [0.15, 0.2) is 0 Å². The van der Waals surface area contributed by atoms with Crippen molar-refractivity contribution in [2.45, 2.75) is 31.5 Å². The molecular formula is C11H19BrO3. The van der Waals surface area contributed by atoms with Crippen LogP contribution in [0.4, 0.5) is 0 Å². The summed E-state index contributed by atoms with van der Waals surface area (Å²) >= 11 is 3.46. The number of aliphatic hydroxyl groups is 1. The predicted molar refractivity (Wildman–Crippen MR) is 61.0 cm³/mol. The molecule has 88 valence electrons. The molecule has 0 amide bonds. The molecule has 2 fully saturated rings. The van der Waals surface area contributed by atoms with Gasteiger partial charge in [-0.25, -0.2) is 0 Å². The number of hydrogen-bond acceptors (Lipinski definition) is 3. The first kappa shape index (κ1) is 11.8. The summed E-state index contributed by atoms with van der Waals surface area (Å²) in [5, 5.41) is 10.1. The Balaban J connectivity index is 1.85. The molecule has 1 heterocycles.